The predicted octanol–water partition coefficient (Wildman–Crippen LogP) is 5.71. The fourth-order valence-corrected chi connectivity index (χ4v) is 4.48. The highest BCUT2D eigenvalue weighted by Crippen LogP contribution is 2.43. The molecule has 0 spiro atoms. The summed E-state index contributed by atoms with van der Waals surface area (Å²) >= 11 is 0. The molecule has 4 rings (SSSR count). The molecule has 1 heterocycles. The Bertz CT molecular complexity index is 1330. The van der Waals surface area contributed by atoms with Crippen molar-refractivity contribution in [2.75, 3.05) is 25.2 Å². The standard InChI is InChI=1S/C28H26F3NO5/c1-27(2)16-32(25(33)13-17-4-11-23(24(12-17)36-3)37-15-26(34)35)22-10-7-19(14-21(22)27)18-5-8-20(9-6-18)28(29,30)31/h4-12,14H,13,15-16H2,1-3H3,(H,34,35). The van der Waals surface area contributed by atoms with Crippen LogP contribution in [0.25, 0.3) is 11.1 Å². The summed E-state index contributed by atoms with van der Waals surface area (Å²) in [5.41, 5.74) is 2.75. The summed E-state index contributed by atoms with van der Waals surface area (Å²) in [6.07, 6.45) is -4.30. The minimum Gasteiger partial charge on any atom is -0.493 e. The molecule has 9 heteroatoms. The number of benzene rings is 3. The van der Waals surface area contributed by atoms with Crippen LogP contribution >= 0.6 is 0 Å². The van der Waals surface area contributed by atoms with Crippen LogP contribution in [-0.2, 0) is 27.6 Å². The zero-order chi connectivity index (χ0) is 27.0. The molecule has 0 saturated carbocycles. The first-order valence-corrected chi connectivity index (χ1v) is 11.5. The van der Waals surface area contributed by atoms with Crippen molar-refractivity contribution in [3.63, 3.8) is 0 Å². The van der Waals surface area contributed by atoms with Gasteiger partial charge in [0.05, 0.1) is 19.1 Å². The van der Waals surface area contributed by atoms with Crippen LogP contribution in [0.5, 0.6) is 11.5 Å². The van der Waals surface area contributed by atoms with Gasteiger partial charge in [0.2, 0.25) is 5.91 Å². The predicted molar refractivity (Wildman–Crippen MR) is 132 cm³/mol. The molecule has 1 N–H and O–H groups in total. The lowest BCUT2D eigenvalue weighted by Gasteiger charge is -2.21. The maximum absolute atomic E-state index is 13.3. The van der Waals surface area contributed by atoms with Crippen molar-refractivity contribution in [3.05, 3.63) is 77.4 Å². The first-order chi connectivity index (χ1) is 17.4. The highest BCUT2D eigenvalue weighted by atomic mass is 19.4. The van der Waals surface area contributed by atoms with Gasteiger partial charge in [0.25, 0.3) is 0 Å². The van der Waals surface area contributed by atoms with Crippen molar-refractivity contribution in [2.45, 2.75) is 31.9 Å². The summed E-state index contributed by atoms with van der Waals surface area (Å²) in [7, 11) is 1.43. The third-order valence-corrected chi connectivity index (χ3v) is 6.35. The van der Waals surface area contributed by atoms with Gasteiger partial charge in [-0.2, -0.15) is 13.2 Å². The number of rotatable bonds is 7. The highest BCUT2D eigenvalue weighted by molar-refractivity contribution is 5.98. The van der Waals surface area contributed by atoms with Gasteiger partial charge in [-0.3, -0.25) is 4.79 Å². The van der Waals surface area contributed by atoms with Gasteiger partial charge < -0.3 is 19.5 Å². The average Bonchev–Trinajstić information content (AvgIpc) is 3.12. The molecule has 0 radical (unpaired) electrons. The summed E-state index contributed by atoms with van der Waals surface area (Å²) in [5, 5.41) is 8.82. The molecule has 0 unspecified atom stereocenters. The second kappa shape index (κ2) is 9.80. The topological polar surface area (TPSA) is 76.1 Å². The van der Waals surface area contributed by atoms with Crippen molar-refractivity contribution in [1.82, 2.24) is 0 Å². The number of hydrogen-bond acceptors (Lipinski definition) is 4. The molecule has 1 aliphatic heterocycles. The number of aliphatic carboxylic acids is 1. The molecule has 1 aliphatic rings. The van der Waals surface area contributed by atoms with Crippen molar-refractivity contribution >= 4 is 17.6 Å². The largest absolute Gasteiger partial charge is 0.493 e. The van der Waals surface area contributed by atoms with Gasteiger partial charge in [0.1, 0.15) is 0 Å². The van der Waals surface area contributed by atoms with E-state index in [1.165, 1.54) is 19.2 Å². The minimum atomic E-state index is -4.39. The van der Waals surface area contributed by atoms with E-state index in [9.17, 15) is 22.8 Å². The number of halogens is 3. The van der Waals surface area contributed by atoms with E-state index >= 15 is 0 Å². The van der Waals surface area contributed by atoms with Crippen LogP contribution in [0.15, 0.2) is 60.7 Å². The quantitative estimate of drug-likeness (QED) is 0.438. The molecule has 0 saturated heterocycles. The number of fused-ring (bicyclic) bond motifs is 1. The number of carbonyl (C=O) groups is 2. The van der Waals surface area contributed by atoms with Gasteiger partial charge >= 0.3 is 12.1 Å². The molecular weight excluding hydrogens is 487 g/mol. The third kappa shape index (κ3) is 5.55. The molecule has 194 valence electrons. The molecule has 0 atom stereocenters. The van der Waals surface area contributed by atoms with Crippen LogP contribution in [-0.4, -0.2) is 37.2 Å². The maximum Gasteiger partial charge on any atom is 0.416 e. The second-order valence-electron chi connectivity index (χ2n) is 9.52. The molecule has 0 aromatic heterocycles. The molecule has 0 fully saturated rings. The Labute approximate surface area is 212 Å². The summed E-state index contributed by atoms with van der Waals surface area (Å²) in [6.45, 7) is 3.98. The van der Waals surface area contributed by atoms with E-state index in [2.05, 4.69) is 0 Å². The number of alkyl halides is 3. The van der Waals surface area contributed by atoms with Crippen LogP contribution in [0.1, 0.15) is 30.5 Å². The van der Waals surface area contributed by atoms with Crippen LogP contribution in [0.2, 0.25) is 0 Å². The van der Waals surface area contributed by atoms with Gasteiger partial charge in [0.15, 0.2) is 18.1 Å². The number of carboxylic acids is 1. The first-order valence-electron chi connectivity index (χ1n) is 11.5. The fraction of sp³-hybridized carbons (Fsp3) is 0.286. The summed E-state index contributed by atoms with van der Waals surface area (Å²) in [5.74, 6) is -0.645. The normalized spacial score (nSPS) is 14.3. The maximum atomic E-state index is 13.3. The van der Waals surface area contributed by atoms with E-state index in [-0.39, 0.29) is 23.5 Å². The third-order valence-electron chi connectivity index (χ3n) is 6.35. The van der Waals surface area contributed by atoms with Gasteiger partial charge in [0, 0.05) is 17.6 Å². The molecule has 0 aliphatic carbocycles. The lowest BCUT2D eigenvalue weighted by molar-refractivity contribution is -0.139. The Kier molecular flexibility index (Phi) is 6.90. The number of nitrogens with zero attached hydrogens (tertiary/aromatic N) is 1. The number of carboxylic acid groups (broad SMARTS) is 1. The van der Waals surface area contributed by atoms with Gasteiger partial charge in [-0.25, -0.2) is 4.79 Å². The van der Waals surface area contributed by atoms with Crippen LogP contribution in [0.3, 0.4) is 0 Å². The van der Waals surface area contributed by atoms with E-state index < -0.39 is 24.3 Å². The van der Waals surface area contributed by atoms with E-state index in [1.54, 1.807) is 29.2 Å². The monoisotopic (exact) mass is 513 g/mol. The molecule has 1 amide bonds. The van der Waals surface area contributed by atoms with E-state index in [1.807, 2.05) is 26.0 Å². The Morgan fingerprint density at radius 2 is 1.65 bits per heavy atom. The smallest absolute Gasteiger partial charge is 0.416 e. The van der Waals surface area contributed by atoms with Crippen LogP contribution in [0.4, 0.5) is 18.9 Å². The van der Waals surface area contributed by atoms with Crippen LogP contribution < -0.4 is 14.4 Å². The first kappa shape index (κ1) is 26.1. The second-order valence-corrected chi connectivity index (χ2v) is 9.52. The van der Waals surface area contributed by atoms with Crippen molar-refractivity contribution < 1.29 is 37.3 Å². The number of hydrogen-bond donors (Lipinski definition) is 1. The average molecular weight is 514 g/mol. The number of carbonyl (C=O) groups excluding carboxylic acids is 1. The zero-order valence-electron chi connectivity index (χ0n) is 20.6. The molecule has 3 aromatic carbocycles. The SMILES string of the molecule is COc1cc(CC(=O)N2CC(C)(C)c3cc(-c4ccc(C(F)(F)F)cc4)ccc32)ccc1OCC(=O)O. The summed E-state index contributed by atoms with van der Waals surface area (Å²) in [4.78, 5) is 25.8. The molecule has 0 bridgehead atoms. The van der Waals surface area contributed by atoms with E-state index in [4.69, 9.17) is 14.6 Å². The van der Waals surface area contributed by atoms with Gasteiger partial charge in [-0.15, -0.1) is 0 Å². The van der Waals surface area contributed by atoms with E-state index in [0.717, 1.165) is 28.9 Å². The van der Waals surface area contributed by atoms with Crippen LogP contribution in [0, 0.1) is 0 Å². The Morgan fingerprint density at radius 3 is 2.27 bits per heavy atom. The Balaban J connectivity index is 1.56. The lowest BCUT2D eigenvalue weighted by Crippen LogP contribution is -2.34. The van der Waals surface area contributed by atoms with Crippen molar-refractivity contribution in [2.24, 2.45) is 0 Å². The number of anilines is 1. The molecule has 3 aromatic rings. The number of methoxy groups -OCH3 is 1. The summed E-state index contributed by atoms with van der Waals surface area (Å²) in [6, 6.07) is 15.5. The molecular formula is C28H26F3NO5. The number of ether oxygens (including phenoxy) is 2. The number of amides is 1. The molecule has 6 nitrogen and oxygen atoms in total. The zero-order valence-corrected chi connectivity index (χ0v) is 20.6. The van der Waals surface area contributed by atoms with E-state index in [0.29, 0.717) is 23.4 Å². The summed E-state index contributed by atoms with van der Waals surface area (Å²) < 4.78 is 49.3. The van der Waals surface area contributed by atoms with Gasteiger partial charge in [-0.1, -0.05) is 38.1 Å². The lowest BCUT2D eigenvalue weighted by atomic mass is 9.85. The Hall–Kier alpha value is -4.01. The Morgan fingerprint density at radius 1 is 0.973 bits per heavy atom. The van der Waals surface area contributed by atoms with Gasteiger partial charge in [-0.05, 0) is 58.7 Å². The highest BCUT2D eigenvalue weighted by Gasteiger charge is 2.38. The van der Waals surface area contributed by atoms with Crippen molar-refractivity contribution in [1.29, 1.82) is 0 Å². The molecule has 37 heavy (non-hydrogen) atoms. The minimum absolute atomic E-state index is 0.0890. The fourth-order valence-electron chi connectivity index (χ4n) is 4.48. The van der Waals surface area contributed by atoms with Crippen molar-refractivity contribution in [3.8, 4) is 22.6 Å².